The van der Waals surface area contributed by atoms with Gasteiger partial charge >= 0.3 is 0 Å². The first-order valence-electron chi connectivity index (χ1n) is 8.49. The maximum Gasteiger partial charge on any atom is 0.163 e. The van der Waals surface area contributed by atoms with Gasteiger partial charge in [0.2, 0.25) is 0 Å². The maximum absolute atomic E-state index is 12.8. The molecule has 3 aliphatic rings. The summed E-state index contributed by atoms with van der Waals surface area (Å²) in [6.07, 6.45) is 8.96. The van der Waals surface area contributed by atoms with Crippen LogP contribution in [-0.2, 0) is 6.42 Å². The number of carbonyl (C=O) groups excluding carboxylic acids is 1. The molecule has 3 aliphatic carbocycles. The summed E-state index contributed by atoms with van der Waals surface area (Å²) in [5.41, 5.74) is 2.37. The Morgan fingerprint density at radius 3 is 2.74 bits per heavy atom. The number of ether oxygens (including phenoxy) is 1. The Bertz CT molecular complexity index is 864. The fourth-order valence-corrected chi connectivity index (χ4v) is 5.17. The second-order valence-corrected chi connectivity index (χ2v) is 7.55. The van der Waals surface area contributed by atoms with Crippen LogP contribution in [0.5, 0.6) is 5.75 Å². The van der Waals surface area contributed by atoms with Crippen molar-refractivity contribution in [3.63, 3.8) is 0 Å². The smallest absolute Gasteiger partial charge is 0.163 e. The van der Waals surface area contributed by atoms with Gasteiger partial charge in [-0.25, -0.2) is 0 Å². The molecule has 3 unspecified atom stereocenters. The third-order valence-corrected chi connectivity index (χ3v) is 6.25. The molecule has 0 radical (unpaired) electrons. The summed E-state index contributed by atoms with van der Waals surface area (Å²) < 4.78 is 5.34. The number of allylic oxidation sites excluding steroid dienone is 2. The van der Waals surface area contributed by atoms with Crippen LogP contribution in [0, 0.1) is 17.3 Å². The van der Waals surface area contributed by atoms with Gasteiger partial charge in [0.05, 0.1) is 7.11 Å². The summed E-state index contributed by atoms with van der Waals surface area (Å²) in [5, 5.41) is 2.30. The number of ketones is 1. The fourth-order valence-electron chi connectivity index (χ4n) is 5.17. The third-order valence-electron chi connectivity index (χ3n) is 6.25. The number of carbonyl (C=O) groups is 1. The van der Waals surface area contributed by atoms with Crippen molar-refractivity contribution in [2.24, 2.45) is 17.3 Å². The molecule has 116 valence electrons. The Hall–Kier alpha value is -2.09. The van der Waals surface area contributed by atoms with E-state index in [1.165, 1.54) is 23.8 Å². The van der Waals surface area contributed by atoms with Gasteiger partial charge in [0.15, 0.2) is 5.78 Å². The average Bonchev–Trinajstić information content (AvgIpc) is 3.13. The van der Waals surface area contributed by atoms with E-state index in [0.717, 1.165) is 29.5 Å². The standard InChI is InChI=1S/C21H20O2/c1-23-18-5-3-14-9-19-16(7-15(14)8-18)11-21(12-20(19)22)10-13-2-4-17(21)6-13/h2-5,7-9,13,17H,6,10-12H2,1H3. The van der Waals surface area contributed by atoms with Crippen molar-refractivity contribution in [3.05, 3.63) is 53.6 Å². The molecule has 2 aromatic carbocycles. The molecule has 1 saturated carbocycles. The van der Waals surface area contributed by atoms with Gasteiger partial charge in [-0.1, -0.05) is 24.3 Å². The fraction of sp³-hybridized carbons (Fsp3) is 0.381. The molecule has 2 aromatic rings. The minimum absolute atomic E-state index is 0.191. The zero-order chi connectivity index (χ0) is 15.6. The molecule has 5 rings (SSSR count). The van der Waals surface area contributed by atoms with Gasteiger partial charge in [-0.15, -0.1) is 0 Å². The summed E-state index contributed by atoms with van der Waals surface area (Å²) >= 11 is 0. The van der Waals surface area contributed by atoms with Crippen LogP contribution in [0.3, 0.4) is 0 Å². The lowest BCUT2D eigenvalue weighted by Gasteiger charge is -2.39. The van der Waals surface area contributed by atoms with Crippen LogP contribution in [-0.4, -0.2) is 12.9 Å². The van der Waals surface area contributed by atoms with Crippen molar-refractivity contribution in [2.75, 3.05) is 7.11 Å². The third kappa shape index (κ3) is 1.84. The van der Waals surface area contributed by atoms with Crippen LogP contribution in [0.25, 0.3) is 10.8 Å². The Morgan fingerprint density at radius 2 is 2.00 bits per heavy atom. The Balaban J connectivity index is 1.64. The van der Waals surface area contributed by atoms with E-state index in [1.807, 2.05) is 12.1 Å². The van der Waals surface area contributed by atoms with Gasteiger partial charge in [0.1, 0.15) is 5.75 Å². The van der Waals surface area contributed by atoms with E-state index in [1.54, 1.807) is 7.11 Å². The van der Waals surface area contributed by atoms with Crippen LogP contribution in [0.15, 0.2) is 42.5 Å². The lowest BCUT2D eigenvalue weighted by molar-refractivity contribution is 0.0848. The van der Waals surface area contributed by atoms with Crippen LogP contribution < -0.4 is 4.74 Å². The molecule has 0 aromatic heterocycles. The van der Waals surface area contributed by atoms with Gasteiger partial charge in [0.25, 0.3) is 0 Å². The van der Waals surface area contributed by atoms with Crippen molar-refractivity contribution in [3.8, 4) is 5.75 Å². The van der Waals surface area contributed by atoms with E-state index in [0.29, 0.717) is 17.6 Å². The molecule has 0 amide bonds. The van der Waals surface area contributed by atoms with Crippen molar-refractivity contribution in [2.45, 2.75) is 25.7 Å². The molecule has 0 N–H and O–H groups in total. The summed E-state index contributed by atoms with van der Waals surface area (Å²) in [4.78, 5) is 12.8. The van der Waals surface area contributed by atoms with Crippen LogP contribution >= 0.6 is 0 Å². The minimum Gasteiger partial charge on any atom is -0.497 e. The van der Waals surface area contributed by atoms with E-state index in [9.17, 15) is 4.79 Å². The molecular weight excluding hydrogens is 284 g/mol. The lowest BCUT2D eigenvalue weighted by Crippen LogP contribution is -2.35. The first-order chi connectivity index (χ1) is 11.2. The van der Waals surface area contributed by atoms with Gasteiger partial charge in [-0.05, 0) is 71.0 Å². The highest BCUT2D eigenvalue weighted by Gasteiger charge is 2.51. The Labute approximate surface area is 136 Å². The number of fused-ring (bicyclic) bond motifs is 5. The second kappa shape index (κ2) is 4.47. The van der Waals surface area contributed by atoms with Crippen LogP contribution in [0.4, 0.5) is 0 Å². The number of benzene rings is 2. The van der Waals surface area contributed by atoms with E-state index >= 15 is 0 Å². The zero-order valence-corrected chi connectivity index (χ0v) is 13.3. The number of rotatable bonds is 1. The SMILES string of the molecule is COc1ccc2cc3c(cc2c1)CC1(CC3=O)CC2C=CC1C2. The normalized spacial score (nSPS) is 31.1. The first-order valence-corrected chi connectivity index (χ1v) is 8.49. The summed E-state index contributed by atoms with van der Waals surface area (Å²) in [7, 11) is 1.69. The van der Waals surface area contributed by atoms with E-state index in [-0.39, 0.29) is 5.41 Å². The molecule has 0 aliphatic heterocycles. The van der Waals surface area contributed by atoms with Gasteiger partial charge in [0, 0.05) is 12.0 Å². The monoisotopic (exact) mass is 304 g/mol. The van der Waals surface area contributed by atoms with Crippen LogP contribution in [0.1, 0.15) is 35.2 Å². The van der Waals surface area contributed by atoms with Gasteiger partial charge in [-0.3, -0.25) is 4.79 Å². The molecule has 2 heteroatoms. The predicted octanol–water partition coefficient (Wildman–Crippen LogP) is 4.56. The van der Waals surface area contributed by atoms with Crippen molar-refractivity contribution >= 4 is 16.6 Å². The molecule has 1 spiro atoms. The highest BCUT2D eigenvalue weighted by atomic mass is 16.5. The topological polar surface area (TPSA) is 26.3 Å². The number of Topliss-reactive ketones (excluding diaryl/α,β-unsaturated/α-hetero) is 1. The maximum atomic E-state index is 12.8. The summed E-state index contributed by atoms with van der Waals surface area (Å²) in [6.45, 7) is 0. The van der Waals surface area contributed by atoms with E-state index in [2.05, 4.69) is 30.4 Å². The molecule has 1 fully saturated rings. The van der Waals surface area contributed by atoms with Gasteiger partial charge < -0.3 is 4.74 Å². The zero-order valence-electron chi connectivity index (χ0n) is 13.3. The molecule has 2 bridgehead atoms. The highest BCUT2D eigenvalue weighted by molar-refractivity contribution is 6.03. The molecule has 2 nitrogen and oxygen atoms in total. The van der Waals surface area contributed by atoms with E-state index in [4.69, 9.17) is 4.74 Å². The predicted molar refractivity (Wildman–Crippen MR) is 90.9 cm³/mol. The van der Waals surface area contributed by atoms with Crippen molar-refractivity contribution in [1.82, 2.24) is 0 Å². The largest absolute Gasteiger partial charge is 0.497 e. The van der Waals surface area contributed by atoms with Gasteiger partial charge in [-0.2, -0.15) is 0 Å². The number of methoxy groups -OCH3 is 1. The van der Waals surface area contributed by atoms with Crippen molar-refractivity contribution in [1.29, 1.82) is 0 Å². The summed E-state index contributed by atoms with van der Waals surface area (Å²) in [6, 6.07) is 10.4. The number of hydrogen-bond donors (Lipinski definition) is 0. The van der Waals surface area contributed by atoms with E-state index < -0.39 is 0 Å². The molecule has 0 heterocycles. The second-order valence-electron chi connectivity index (χ2n) is 7.55. The minimum atomic E-state index is 0.191. The Kier molecular flexibility index (Phi) is 2.60. The number of hydrogen-bond acceptors (Lipinski definition) is 2. The molecular formula is C21H20O2. The highest BCUT2D eigenvalue weighted by Crippen LogP contribution is 2.57. The molecule has 3 atom stereocenters. The quantitative estimate of drug-likeness (QED) is 0.722. The van der Waals surface area contributed by atoms with Crippen LogP contribution in [0.2, 0.25) is 0 Å². The average molecular weight is 304 g/mol. The first kappa shape index (κ1) is 13.4. The lowest BCUT2D eigenvalue weighted by atomic mass is 9.64. The molecule has 23 heavy (non-hydrogen) atoms. The summed E-state index contributed by atoms with van der Waals surface area (Å²) in [5.74, 6) is 2.52. The Morgan fingerprint density at radius 1 is 1.09 bits per heavy atom. The van der Waals surface area contributed by atoms with Crippen molar-refractivity contribution < 1.29 is 9.53 Å². The molecule has 0 saturated heterocycles.